The second-order valence-electron chi connectivity index (χ2n) is 3.91. The minimum atomic E-state index is -0.955. The number of hydrogen-bond donors (Lipinski definition) is 2. The zero-order valence-corrected chi connectivity index (χ0v) is 10.9. The summed E-state index contributed by atoms with van der Waals surface area (Å²) >= 11 is 1.42. The molecule has 0 saturated heterocycles. The molecule has 0 fully saturated rings. The summed E-state index contributed by atoms with van der Waals surface area (Å²) in [5.41, 5.74) is 3.51. The Bertz CT molecular complexity index is 732. The third-order valence-electron chi connectivity index (χ3n) is 2.59. The molecule has 20 heavy (non-hydrogen) atoms. The average Bonchev–Trinajstić information content (AvgIpc) is 2.87. The Labute approximate surface area is 116 Å². The van der Waals surface area contributed by atoms with Crippen LogP contribution in [0, 0.1) is 21.4 Å². The number of nitro groups is 1. The number of aromatic amines is 1. The highest BCUT2D eigenvalue weighted by Gasteiger charge is 2.28. The summed E-state index contributed by atoms with van der Waals surface area (Å²) < 4.78 is 0. The minimum absolute atomic E-state index is 0.202. The Kier molecular flexibility index (Phi) is 3.76. The summed E-state index contributed by atoms with van der Waals surface area (Å²) in [4.78, 5) is 28.4. The number of rotatable bonds is 4. The van der Waals surface area contributed by atoms with Gasteiger partial charge in [-0.3, -0.25) is 19.9 Å². The molecule has 0 saturated carbocycles. The molecule has 0 aliphatic heterocycles. The maximum Gasteiger partial charge on any atom is 0.356 e. The SMILES string of the molecule is N#CC(Cc1cccs1)c1nc(N)[nH]c(=O)c1[N+](=O)[O-]. The van der Waals surface area contributed by atoms with Gasteiger partial charge in [-0.1, -0.05) is 6.07 Å². The molecule has 2 rings (SSSR count). The van der Waals surface area contributed by atoms with Crippen molar-refractivity contribution in [2.75, 3.05) is 5.73 Å². The molecule has 0 amide bonds. The Hall–Kier alpha value is -2.73. The number of H-pyrrole nitrogens is 1. The van der Waals surface area contributed by atoms with Crippen LogP contribution in [0.5, 0.6) is 0 Å². The van der Waals surface area contributed by atoms with Crippen molar-refractivity contribution in [2.24, 2.45) is 0 Å². The number of aromatic nitrogens is 2. The summed E-state index contributed by atoms with van der Waals surface area (Å²) in [6.07, 6.45) is 0.241. The lowest BCUT2D eigenvalue weighted by Crippen LogP contribution is -2.20. The van der Waals surface area contributed by atoms with Crippen LogP contribution in [-0.2, 0) is 6.42 Å². The fourth-order valence-corrected chi connectivity index (χ4v) is 2.51. The van der Waals surface area contributed by atoms with Gasteiger partial charge < -0.3 is 5.73 Å². The summed E-state index contributed by atoms with van der Waals surface area (Å²) in [6, 6.07) is 5.55. The standard InChI is InChI=1S/C11H9N5O3S/c12-5-6(4-7-2-1-3-20-7)8-9(16(18)19)10(17)15-11(13)14-8/h1-3,6H,4H2,(H3,13,14,15,17). The third kappa shape index (κ3) is 2.65. The van der Waals surface area contributed by atoms with Gasteiger partial charge in [0.05, 0.1) is 11.0 Å². The van der Waals surface area contributed by atoms with Gasteiger partial charge in [-0.2, -0.15) is 5.26 Å². The summed E-state index contributed by atoms with van der Waals surface area (Å²) in [7, 11) is 0. The van der Waals surface area contributed by atoms with Crippen LogP contribution in [0.25, 0.3) is 0 Å². The van der Waals surface area contributed by atoms with E-state index >= 15 is 0 Å². The molecule has 3 N–H and O–H groups in total. The first-order valence-electron chi connectivity index (χ1n) is 5.49. The lowest BCUT2D eigenvalue weighted by molar-refractivity contribution is -0.387. The fourth-order valence-electron chi connectivity index (χ4n) is 1.76. The maximum absolute atomic E-state index is 11.6. The van der Waals surface area contributed by atoms with Gasteiger partial charge in [0.2, 0.25) is 5.95 Å². The Morgan fingerprint density at radius 2 is 2.40 bits per heavy atom. The zero-order valence-electron chi connectivity index (χ0n) is 10.1. The largest absolute Gasteiger partial charge is 0.369 e. The topological polar surface area (TPSA) is 139 Å². The number of nitriles is 1. The average molecular weight is 291 g/mol. The first-order valence-corrected chi connectivity index (χ1v) is 6.37. The first-order chi connectivity index (χ1) is 9.52. The maximum atomic E-state index is 11.6. The van der Waals surface area contributed by atoms with Crippen molar-refractivity contribution >= 4 is 23.0 Å². The molecular weight excluding hydrogens is 282 g/mol. The van der Waals surface area contributed by atoms with Crippen LogP contribution in [-0.4, -0.2) is 14.9 Å². The van der Waals surface area contributed by atoms with Crippen LogP contribution >= 0.6 is 11.3 Å². The van der Waals surface area contributed by atoms with E-state index in [-0.39, 0.29) is 18.1 Å². The molecule has 0 aliphatic rings. The third-order valence-corrected chi connectivity index (χ3v) is 3.49. The van der Waals surface area contributed by atoms with E-state index < -0.39 is 22.1 Å². The van der Waals surface area contributed by atoms with Crippen molar-refractivity contribution in [3.05, 3.63) is 48.6 Å². The number of nitrogens with one attached hydrogen (secondary N) is 1. The van der Waals surface area contributed by atoms with Crippen LogP contribution in [0.15, 0.2) is 22.3 Å². The van der Waals surface area contributed by atoms with Gasteiger partial charge in [-0.25, -0.2) is 4.98 Å². The van der Waals surface area contributed by atoms with Gasteiger partial charge in [0, 0.05) is 11.3 Å². The monoisotopic (exact) mass is 291 g/mol. The summed E-state index contributed by atoms with van der Waals surface area (Å²) in [6.45, 7) is 0. The van der Waals surface area contributed by atoms with Crippen LogP contribution in [0.3, 0.4) is 0 Å². The predicted molar refractivity (Wildman–Crippen MR) is 72.3 cm³/mol. The van der Waals surface area contributed by atoms with Crippen molar-refractivity contribution in [3.63, 3.8) is 0 Å². The number of nitrogen functional groups attached to an aromatic ring is 1. The number of anilines is 1. The van der Waals surface area contributed by atoms with Gasteiger partial charge in [-0.15, -0.1) is 11.3 Å². The Morgan fingerprint density at radius 1 is 1.65 bits per heavy atom. The molecule has 0 aliphatic carbocycles. The molecule has 0 radical (unpaired) electrons. The molecule has 9 heteroatoms. The second-order valence-corrected chi connectivity index (χ2v) is 4.94. The highest BCUT2D eigenvalue weighted by molar-refractivity contribution is 7.09. The van der Waals surface area contributed by atoms with E-state index in [1.807, 2.05) is 17.5 Å². The van der Waals surface area contributed by atoms with Crippen molar-refractivity contribution in [3.8, 4) is 6.07 Å². The molecule has 0 spiro atoms. The van der Waals surface area contributed by atoms with E-state index in [1.165, 1.54) is 11.3 Å². The lowest BCUT2D eigenvalue weighted by atomic mass is 10.0. The highest BCUT2D eigenvalue weighted by atomic mass is 32.1. The van der Waals surface area contributed by atoms with Gasteiger partial charge in [0.1, 0.15) is 11.6 Å². The number of nitrogens with zero attached hydrogens (tertiary/aromatic N) is 3. The van der Waals surface area contributed by atoms with Gasteiger partial charge >= 0.3 is 11.2 Å². The van der Waals surface area contributed by atoms with E-state index in [1.54, 1.807) is 6.07 Å². The van der Waals surface area contributed by atoms with Crippen LogP contribution in [0.2, 0.25) is 0 Å². The molecule has 2 aromatic heterocycles. The molecule has 0 aromatic carbocycles. The number of hydrogen-bond acceptors (Lipinski definition) is 7. The zero-order chi connectivity index (χ0) is 14.7. The molecule has 2 heterocycles. The molecule has 1 atom stereocenters. The number of thiophene rings is 1. The second kappa shape index (κ2) is 5.50. The van der Waals surface area contributed by atoms with Crippen molar-refractivity contribution < 1.29 is 4.92 Å². The summed E-state index contributed by atoms with van der Waals surface area (Å²) in [5, 5.41) is 22.0. The Balaban J connectivity index is 2.52. The quantitative estimate of drug-likeness (QED) is 0.640. The van der Waals surface area contributed by atoms with Crippen LogP contribution in [0.4, 0.5) is 11.6 Å². The van der Waals surface area contributed by atoms with E-state index in [4.69, 9.17) is 5.73 Å². The molecule has 2 aromatic rings. The molecular formula is C11H9N5O3S. The van der Waals surface area contributed by atoms with E-state index in [0.717, 1.165) is 4.88 Å². The van der Waals surface area contributed by atoms with E-state index in [9.17, 15) is 20.2 Å². The van der Waals surface area contributed by atoms with Crippen LogP contribution in [0.1, 0.15) is 16.5 Å². The highest BCUT2D eigenvalue weighted by Crippen LogP contribution is 2.26. The van der Waals surface area contributed by atoms with E-state index in [0.29, 0.717) is 0 Å². The molecule has 102 valence electrons. The summed E-state index contributed by atoms with van der Waals surface area (Å²) in [5.74, 6) is -1.15. The molecule has 0 bridgehead atoms. The van der Waals surface area contributed by atoms with Gasteiger partial charge in [0.25, 0.3) is 0 Å². The predicted octanol–water partition coefficient (Wildman–Crippen LogP) is 1.17. The fraction of sp³-hybridized carbons (Fsp3) is 0.182. The van der Waals surface area contributed by atoms with Gasteiger partial charge in [0.15, 0.2) is 0 Å². The minimum Gasteiger partial charge on any atom is -0.369 e. The van der Waals surface area contributed by atoms with Crippen molar-refractivity contribution in [2.45, 2.75) is 12.3 Å². The van der Waals surface area contributed by atoms with Crippen LogP contribution < -0.4 is 11.3 Å². The number of nitrogens with two attached hydrogens (primary N) is 1. The molecule has 1 unspecified atom stereocenters. The lowest BCUT2D eigenvalue weighted by Gasteiger charge is -2.07. The Morgan fingerprint density at radius 3 is 2.95 bits per heavy atom. The first kappa shape index (κ1) is 13.7. The molecule has 8 nitrogen and oxygen atoms in total. The van der Waals surface area contributed by atoms with E-state index in [2.05, 4.69) is 9.97 Å². The van der Waals surface area contributed by atoms with Crippen molar-refractivity contribution in [1.29, 1.82) is 5.26 Å². The van der Waals surface area contributed by atoms with Crippen molar-refractivity contribution in [1.82, 2.24) is 9.97 Å². The van der Waals surface area contributed by atoms with Gasteiger partial charge in [-0.05, 0) is 11.4 Å². The normalized spacial score (nSPS) is 11.8. The smallest absolute Gasteiger partial charge is 0.356 e.